The van der Waals surface area contributed by atoms with E-state index in [1.807, 2.05) is 96.4 Å². The zero-order valence-corrected chi connectivity index (χ0v) is 15.5. The molecule has 0 radical (unpaired) electrons. The first-order chi connectivity index (χ1) is 13.7. The van der Waals surface area contributed by atoms with Gasteiger partial charge in [0.1, 0.15) is 6.04 Å². The SMILES string of the molecule is C[C@@H](C(=O)NN=C(c1ccccc1)c1ccccc1)n1cnc2ccccc21. The summed E-state index contributed by atoms with van der Waals surface area (Å²) < 4.78 is 1.85. The lowest BCUT2D eigenvalue weighted by Crippen LogP contribution is -2.28. The van der Waals surface area contributed by atoms with Crippen molar-refractivity contribution in [3.63, 3.8) is 0 Å². The average Bonchev–Trinajstić information content (AvgIpc) is 3.19. The third kappa shape index (κ3) is 3.55. The number of hydrogen-bond acceptors (Lipinski definition) is 3. The predicted molar refractivity (Wildman–Crippen MR) is 111 cm³/mol. The summed E-state index contributed by atoms with van der Waals surface area (Å²) in [5, 5.41) is 4.46. The van der Waals surface area contributed by atoms with Crippen LogP contribution in [0.1, 0.15) is 24.1 Å². The minimum absolute atomic E-state index is 0.201. The molecule has 1 N–H and O–H groups in total. The Hall–Kier alpha value is -3.73. The maximum Gasteiger partial charge on any atom is 0.262 e. The Morgan fingerprint density at radius 1 is 0.893 bits per heavy atom. The van der Waals surface area contributed by atoms with E-state index in [1.165, 1.54) is 0 Å². The zero-order chi connectivity index (χ0) is 19.3. The second kappa shape index (κ2) is 7.88. The van der Waals surface area contributed by atoms with Gasteiger partial charge in [-0.2, -0.15) is 5.10 Å². The molecule has 0 unspecified atom stereocenters. The average molecular weight is 368 g/mol. The van der Waals surface area contributed by atoms with E-state index < -0.39 is 6.04 Å². The van der Waals surface area contributed by atoms with E-state index in [0.29, 0.717) is 0 Å². The van der Waals surface area contributed by atoms with Crippen LogP contribution in [-0.2, 0) is 4.79 Å². The minimum atomic E-state index is -0.441. The van der Waals surface area contributed by atoms with E-state index in [2.05, 4.69) is 15.5 Å². The molecule has 5 heteroatoms. The van der Waals surface area contributed by atoms with Crippen molar-refractivity contribution in [2.45, 2.75) is 13.0 Å². The number of nitrogens with zero attached hydrogens (tertiary/aromatic N) is 3. The Morgan fingerprint density at radius 3 is 2.11 bits per heavy atom. The van der Waals surface area contributed by atoms with Crippen molar-refractivity contribution in [3.8, 4) is 0 Å². The molecule has 0 bridgehead atoms. The van der Waals surface area contributed by atoms with Crippen molar-refractivity contribution in [1.29, 1.82) is 0 Å². The van der Waals surface area contributed by atoms with Gasteiger partial charge in [-0.15, -0.1) is 0 Å². The summed E-state index contributed by atoms with van der Waals surface area (Å²) in [6.45, 7) is 1.84. The molecule has 0 aliphatic heterocycles. The summed E-state index contributed by atoms with van der Waals surface area (Å²) in [6.07, 6.45) is 1.69. The number of benzene rings is 3. The highest BCUT2D eigenvalue weighted by molar-refractivity contribution is 6.13. The van der Waals surface area contributed by atoms with Gasteiger partial charge in [-0.1, -0.05) is 72.8 Å². The molecule has 28 heavy (non-hydrogen) atoms. The number of hydrazone groups is 1. The summed E-state index contributed by atoms with van der Waals surface area (Å²) in [6, 6.07) is 26.9. The molecule has 0 spiro atoms. The molecule has 4 aromatic rings. The molecule has 5 nitrogen and oxygen atoms in total. The Morgan fingerprint density at radius 2 is 1.46 bits per heavy atom. The van der Waals surface area contributed by atoms with Crippen LogP contribution in [0.5, 0.6) is 0 Å². The summed E-state index contributed by atoms with van der Waals surface area (Å²) in [5.41, 5.74) is 7.11. The van der Waals surface area contributed by atoms with Crippen molar-refractivity contribution in [2.24, 2.45) is 5.10 Å². The predicted octanol–water partition coefficient (Wildman–Crippen LogP) is 4.17. The molecular formula is C23H20N4O. The molecule has 1 heterocycles. The van der Waals surface area contributed by atoms with E-state index in [9.17, 15) is 4.79 Å². The lowest BCUT2D eigenvalue weighted by molar-refractivity contribution is -0.123. The fourth-order valence-corrected chi connectivity index (χ4v) is 3.11. The molecule has 1 aromatic heterocycles. The van der Waals surface area contributed by atoms with Crippen LogP contribution in [0.15, 0.2) is 96.4 Å². The normalized spacial score (nSPS) is 11.8. The first-order valence-electron chi connectivity index (χ1n) is 9.14. The smallest absolute Gasteiger partial charge is 0.262 e. The van der Waals surface area contributed by atoms with Crippen LogP contribution < -0.4 is 5.43 Å². The van der Waals surface area contributed by atoms with Gasteiger partial charge in [0.25, 0.3) is 5.91 Å². The van der Waals surface area contributed by atoms with E-state index in [0.717, 1.165) is 27.9 Å². The van der Waals surface area contributed by atoms with Crippen molar-refractivity contribution in [1.82, 2.24) is 15.0 Å². The minimum Gasteiger partial charge on any atom is -0.318 e. The second-order valence-corrected chi connectivity index (χ2v) is 6.49. The summed E-state index contributed by atoms with van der Waals surface area (Å²) in [7, 11) is 0. The van der Waals surface area contributed by atoms with Crippen molar-refractivity contribution in [2.75, 3.05) is 0 Å². The van der Waals surface area contributed by atoms with Gasteiger partial charge in [0.05, 0.1) is 23.1 Å². The molecule has 1 amide bonds. The van der Waals surface area contributed by atoms with Crippen molar-refractivity contribution in [3.05, 3.63) is 102 Å². The number of hydrogen-bond donors (Lipinski definition) is 1. The molecule has 4 rings (SSSR count). The second-order valence-electron chi connectivity index (χ2n) is 6.49. The topological polar surface area (TPSA) is 59.3 Å². The quantitative estimate of drug-likeness (QED) is 0.425. The maximum atomic E-state index is 12.8. The number of para-hydroxylation sites is 2. The Kier molecular flexibility index (Phi) is 4.97. The van der Waals surface area contributed by atoms with Crippen LogP contribution in [0.25, 0.3) is 11.0 Å². The van der Waals surface area contributed by atoms with Crippen molar-refractivity contribution < 1.29 is 4.79 Å². The standard InChI is InChI=1S/C23H20N4O/c1-17(27-16-24-20-14-8-9-15-21(20)27)23(28)26-25-22(18-10-4-2-5-11-18)19-12-6-3-7-13-19/h2-17H,1H3,(H,26,28)/t17-/m0/s1. The molecule has 0 aliphatic rings. The number of carbonyl (C=O) groups is 1. The van der Waals surface area contributed by atoms with Gasteiger partial charge in [0.15, 0.2) is 0 Å². The van der Waals surface area contributed by atoms with Crippen LogP contribution in [-0.4, -0.2) is 21.2 Å². The van der Waals surface area contributed by atoms with Crippen molar-refractivity contribution >= 4 is 22.7 Å². The summed E-state index contributed by atoms with van der Waals surface area (Å²) in [5.74, 6) is -0.201. The van der Waals surface area contributed by atoms with Crippen LogP contribution >= 0.6 is 0 Å². The molecule has 0 saturated heterocycles. The van der Waals surface area contributed by atoms with E-state index in [1.54, 1.807) is 6.33 Å². The van der Waals surface area contributed by atoms with Gasteiger partial charge in [-0.05, 0) is 19.1 Å². The van der Waals surface area contributed by atoms with Gasteiger partial charge >= 0.3 is 0 Å². The Labute approximate surface area is 163 Å². The number of nitrogens with one attached hydrogen (secondary N) is 1. The Balaban J connectivity index is 1.62. The molecule has 138 valence electrons. The number of amides is 1. The Bertz CT molecular complexity index is 1080. The molecule has 0 saturated carbocycles. The van der Waals surface area contributed by atoms with E-state index in [-0.39, 0.29) is 5.91 Å². The fourth-order valence-electron chi connectivity index (χ4n) is 3.11. The van der Waals surface area contributed by atoms with Gasteiger partial charge in [-0.25, -0.2) is 10.4 Å². The van der Waals surface area contributed by atoms with Gasteiger partial charge in [0, 0.05) is 11.1 Å². The van der Waals surface area contributed by atoms with Gasteiger partial charge in [-0.3, -0.25) is 4.79 Å². The van der Waals surface area contributed by atoms with Crippen LogP contribution in [0.3, 0.4) is 0 Å². The molecular weight excluding hydrogens is 348 g/mol. The number of aromatic nitrogens is 2. The van der Waals surface area contributed by atoms with E-state index in [4.69, 9.17) is 0 Å². The highest BCUT2D eigenvalue weighted by Crippen LogP contribution is 2.17. The summed E-state index contributed by atoms with van der Waals surface area (Å²) in [4.78, 5) is 17.1. The molecule has 0 fully saturated rings. The first kappa shape index (κ1) is 17.7. The number of carbonyl (C=O) groups excluding carboxylic acids is 1. The molecule has 0 aliphatic carbocycles. The first-order valence-corrected chi connectivity index (χ1v) is 9.14. The van der Waals surface area contributed by atoms with Gasteiger partial charge < -0.3 is 4.57 Å². The third-order valence-corrected chi connectivity index (χ3v) is 4.65. The lowest BCUT2D eigenvalue weighted by atomic mass is 10.0. The van der Waals surface area contributed by atoms with Gasteiger partial charge in [0.2, 0.25) is 0 Å². The monoisotopic (exact) mass is 368 g/mol. The van der Waals surface area contributed by atoms with Crippen LogP contribution in [0, 0.1) is 0 Å². The van der Waals surface area contributed by atoms with Crippen LogP contribution in [0.2, 0.25) is 0 Å². The van der Waals surface area contributed by atoms with Crippen LogP contribution in [0.4, 0.5) is 0 Å². The number of rotatable bonds is 5. The number of imidazole rings is 1. The fraction of sp³-hybridized carbons (Fsp3) is 0.0870. The third-order valence-electron chi connectivity index (χ3n) is 4.65. The zero-order valence-electron chi connectivity index (χ0n) is 15.5. The highest BCUT2D eigenvalue weighted by Gasteiger charge is 2.17. The molecule has 3 aromatic carbocycles. The lowest BCUT2D eigenvalue weighted by Gasteiger charge is -2.14. The van der Waals surface area contributed by atoms with E-state index >= 15 is 0 Å². The largest absolute Gasteiger partial charge is 0.318 e. The maximum absolute atomic E-state index is 12.8. The summed E-state index contributed by atoms with van der Waals surface area (Å²) >= 11 is 0. The number of fused-ring (bicyclic) bond motifs is 1. The molecule has 1 atom stereocenters. The highest BCUT2D eigenvalue weighted by atomic mass is 16.2.